The van der Waals surface area contributed by atoms with Crippen LogP contribution in [0.4, 0.5) is 10.1 Å². The number of amides is 1. The zero-order valence-corrected chi connectivity index (χ0v) is 18.8. The predicted octanol–water partition coefficient (Wildman–Crippen LogP) is 5.71. The summed E-state index contributed by atoms with van der Waals surface area (Å²) < 4.78 is 19.4. The number of non-ortho nitro benzene ring substituents is 1. The molecule has 1 aliphatic rings. The molecule has 0 saturated carbocycles. The summed E-state index contributed by atoms with van der Waals surface area (Å²) in [6, 6.07) is 19.5. The number of ether oxygens (including phenoxy) is 1. The number of nitrogens with zero attached hydrogens (tertiary/aromatic N) is 2. The van der Waals surface area contributed by atoms with Gasteiger partial charge in [0.15, 0.2) is 0 Å². The van der Waals surface area contributed by atoms with Crippen molar-refractivity contribution in [3.63, 3.8) is 0 Å². The Kier molecular flexibility index (Phi) is 6.81. The minimum atomic E-state index is -0.512. The van der Waals surface area contributed by atoms with Gasteiger partial charge in [-0.1, -0.05) is 66.4 Å². The Balaban J connectivity index is 1.60. The molecule has 1 fully saturated rings. The number of nitro groups is 1. The van der Waals surface area contributed by atoms with Crippen LogP contribution in [0, 0.1) is 15.9 Å². The van der Waals surface area contributed by atoms with Crippen LogP contribution in [0.25, 0.3) is 6.08 Å². The summed E-state index contributed by atoms with van der Waals surface area (Å²) in [5.74, 6) is -0.268. The molecule has 0 radical (unpaired) electrons. The molecule has 1 saturated heterocycles. The predicted molar refractivity (Wildman–Crippen MR) is 129 cm³/mol. The van der Waals surface area contributed by atoms with E-state index >= 15 is 0 Å². The van der Waals surface area contributed by atoms with Crippen molar-refractivity contribution in [1.82, 2.24) is 4.90 Å². The molecule has 3 aromatic rings. The molecule has 0 aliphatic carbocycles. The highest BCUT2D eigenvalue weighted by Crippen LogP contribution is 2.36. The molecule has 9 heteroatoms. The van der Waals surface area contributed by atoms with Crippen LogP contribution in [0.1, 0.15) is 16.7 Å². The third kappa shape index (κ3) is 5.44. The van der Waals surface area contributed by atoms with Gasteiger partial charge in [0.05, 0.1) is 16.4 Å². The topological polar surface area (TPSA) is 72.7 Å². The second-order valence-corrected chi connectivity index (χ2v) is 8.82. The number of carbonyl (C=O) groups excluding carboxylic acids is 1. The van der Waals surface area contributed by atoms with Crippen molar-refractivity contribution < 1.29 is 18.8 Å². The van der Waals surface area contributed by atoms with E-state index in [2.05, 4.69) is 0 Å². The van der Waals surface area contributed by atoms with Crippen molar-refractivity contribution in [3.05, 3.63) is 110 Å². The van der Waals surface area contributed by atoms with Crippen LogP contribution in [0.15, 0.2) is 77.7 Å². The lowest BCUT2D eigenvalue weighted by Crippen LogP contribution is -2.27. The van der Waals surface area contributed by atoms with Gasteiger partial charge >= 0.3 is 0 Å². The van der Waals surface area contributed by atoms with Gasteiger partial charge in [0.25, 0.3) is 11.6 Å². The van der Waals surface area contributed by atoms with Gasteiger partial charge < -0.3 is 4.74 Å². The van der Waals surface area contributed by atoms with Crippen LogP contribution in [0.3, 0.4) is 0 Å². The first kappa shape index (κ1) is 22.6. The molecule has 0 N–H and O–H groups in total. The molecule has 166 valence electrons. The quantitative estimate of drug-likeness (QED) is 0.187. The summed E-state index contributed by atoms with van der Waals surface area (Å²) in [5.41, 5.74) is 1.92. The summed E-state index contributed by atoms with van der Waals surface area (Å²) in [4.78, 5) is 25.6. The number of benzene rings is 3. The maximum absolute atomic E-state index is 13.1. The molecule has 1 heterocycles. The number of nitro benzene ring substituents is 1. The molecule has 4 rings (SSSR count). The Bertz CT molecular complexity index is 1250. The molecular weight excluding hydrogens is 463 g/mol. The van der Waals surface area contributed by atoms with Crippen molar-refractivity contribution in [3.8, 4) is 5.75 Å². The Hall–Kier alpha value is -3.56. The van der Waals surface area contributed by atoms with Crippen LogP contribution in [0.5, 0.6) is 5.75 Å². The lowest BCUT2D eigenvalue weighted by molar-refractivity contribution is -0.384. The van der Waals surface area contributed by atoms with E-state index in [1.54, 1.807) is 18.2 Å². The number of hydrogen-bond donors (Lipinski definition) is 0. The number of rotatable bonds is 7. The first-order valence-electron chi connectivity index (χ1n) is 9.86. The SMILES string of the molecule is O=C1/C(=C\c2cc([N+](=O)[O-])ccc2OCc2ccc(F)cc2)SC(=S)N1Cc1ccccc1. The minimum Gasteiger partial charge on any atom is -0.488 e. The average molecular weight is 481 g/mol. The third-order valence-corrected chi connectivity index (χ3v) is 6.23. The van der Waals surface area contributed by atoms with Gasteiger partial charge in [0.1, 0.15) is 22.5 Å². The number of thioether (sulfide) groups is 1. The highest BCUT2D eigenvalue weighted by atomic mass is 32.2. The number of hydrogen-bond acceptors (Lipinski definition) is 6. The first-order valence-corrected chi connectivity index (χ1v) is 11.1. The zero-order chi connectivity index (χ0) is 23.4. The van der Waals surface area contributed by atoms with Crippen molar-refractivity contribution in [2.24, 2.45) is 0 Å². The van der Waals surface area contributed by atoms with Gasteiger partial charge in [-0.05, 0) is 35.4 Å². The molecule has 0 unspecified atom stereocenters. The fraction of sp³-hybridized carbons (Fsp3) is 0.0833. The molecule has 0 spiro atoms. The second kappa shape index (κ2) is 9.93. The van der Waals surface area contributed by atoms with E-state index in [4.69, 9.17) is 17.0 Å². The van der Waals surface area contributed by atoms with E-state index in [0.717, 1.165) is 22.9 Å². The van der Waals surface area contributed by atoms with E-state index < -0.39 is 4.92 Å². The zero-order valence-electron chi connectivity index (χ0n) is 17.1. The lowest BCUT2D eigenvalue weighted by atomic mass is 10.1. The van der Waals surface area contributed by atoms with E-state index in [1.165, 1.54) is 35.2 Å². The first-order chi connectivity index (χ1) is 15.9. The number of carbonyl (C=O) groups is 1. The smallest absolute Gasteiger partial charge is 0.270 e. The Labute approximate surface area is 198 Å². The Morgan fingerprint density at radius 2 is 1.79 bits per heavy atom. The van der Waals surface area contributed by atoms with E-state index in [9.17, 15) is 19.3 Å². The third-order valence-electron chi connectivity index (χ3n) is 4.86. The summed E-state index contributed by atoms with van der Waals surface area (Å²) in [6.45, 7) is 0.472. The van der Waals surface area contributed by atoms with Crippen molar-refractivity contribution in [2.45, 2.75) is 13.2 Å². The van der Waals surface area contributed by atoms with Crippen molar-refractivity contribution in [1.29, 1.82) is 0 Å². The van der Waals surface area contributed by atoms with Crippen molar-refractivity contribution >= 4 is 46.0 Å². The van der Waals surface area contributed by atoms with Gasteiger partial charge in [-0.25, -0.2) is 4.39 Å². The molecule has 1 aliphatic heterocycles. The average Bonchev–Trinajstić information content (AvgIpc) is 3.07. The molecule has 3 aromatic carbocycles. The van der Waals surface area contributed by atoms with Gasteiger partial charge in [-0.15, -0.1) is 0 Å². The van der Waals surface area contributed by atoms with Crippen LogP contribution in [0.2, 0.25) is 0 Å². The number of halogens is 1. The molecule has 33 heavy (non-hydrogen) atoms. The maximum atomic E-state index is 13.1. The standard InChI is InChI=1S/C24H17FN2O4S2/c25-19-8-6-17(7-9-19)15-31-21-11-10-20(27(29)30)12-18(21)13-22-23(28)26(24(32)33-22)14-16-4-2-1-3-5-16/h1-13H,14-15H2/b22-13+. The molecule has 6 nitrogen and oxygen atoms in total. The van der Waals surface area contributed by atoms with Crippen LogP contribution >= 0.6 is 24.0 Å². The fourth-order valence-corrected chi connectivity index (χ4v) is 4.42. The molecule has 1 amide bonds. The van der Waals surface area contributed by atoms with Gasteiger partial charge in [0, 0.05) is 17.7 Å². The largest absolute Gasteiger partial charge is 0.488 e. The minimum absolute atomic E-state index is 0.129. The Morgan fingerprint density at radius 1 is 1.06 bits per heavy atom. The highest BCUT2D eigenvalue weighted by molar-refractivity contribution is 8.26. The highest BCUT2D eigenvalue weighted by Gasteiger charge is 2.32. The number of thiocarbonyl (C=S) groups is 1. The fourth-order valence-electron chi connectivity index (χ4n) is 3.18. The van der Waals surface area contributed by atoms with Gasteiger partial charge in [-0.2, -0.15) is 0 Å². The van der Waals surface area contributed by atoms with E-state index in [1.807, 2.05) is 30.3 Å². The normalized spacial score (nSPS) is 14.7. The molecule has 0 bridgehead atoms. The summed E-state index contributed by atoms with van der Waals surface area (Å²) in [6.07, 6.45) is 1.55. The van der Waals surface area contributed by atoms with Crippen molar-refractivity contribution in [2.75, 3.05) is 0 Å². The second-order valence-electron chi connectivity index (χ2n) is 7.15. The molecular formula is C24H17FN2O4S2. The van der Waals surface area contributed by atoms with Gasteiger partial charge in [0.2, 0.25) is 0 Å². The molecule has 0 atom stereocenters. The monoisotopic (exact) mass is 480 g/mol. The summed E-state index contributed by atoms with van der Waals surface area (Å²) in [5, 5.41) is 11.3. The maximum Gasteiger partial charge on any atom is 0.270 e. The van der Waals surface area contributed by atoms with Crippen LogP contribution < -0.4 is 4.74 Å². The summed E-state index contributed by atoms with van der Waals surface area (Å²) in [7, 11) is 0. The van der Waals surface area contributed by atoms with E-state index in [-0.39, 0.29) is 24.0 Å². The van der Waals surface area contributed by atoms with Crippen LogP contribution in [-0.2, 0) is 17.9 Å². The Morgan fingerprint density at radius 3 is 2.48 bits per heavy atom. The summed E-state index contributed by atoms with van der Waals surface area (Å²) >= 11 is 6.53. The van der Waals surface area contributed by atoms with E-state index in [0.29, 0.717) is 27.1 Å². The lowest BCUT2D eigenvalue weighted by Gasteiger charge is -2.14. The van der Waals surface area contributed by atoms with Crippen LogP contribution in [-0.4, -0.2) is 20.1 Å². The molecule has 0 aromatic heterocycles. The van der Waals surface area contributed by atoms with Gasteiger partial charge in [-0.3, -0.25) is 19.8 Å².